The molecule has 3 aromatic rings. The lowest BCUT2D eigenvalue weighted by molar-refractivity contribution is -0.138. The van der Waals surface area contributed by atoms with Crippen molar-refractivity contribution in [3.8, 4) is 5.75 Å². The van der Waals surface area contributed by atoms with Crippen molar-refractivity contribution in [3.05, 3.63) is 89.4 Å². The molecule has 2 aliphatic rings. The third-order valence-corrected chi connectivity index (χ3v) is 6.96. The number of para-hydroxylation sites is 1. The Kier molecular flexibility index (Phi) is 5.83. The van der Waals surface area contributed by atoms with Gasteiger partial charge in [-0.25, -0.2) is 4.99 Å². The number of carbonyl (C=O) groups excluding carboxylic acids is 2. The number of aliphatic imine (C=N–C) groups is 1. The van der Waals surface area contributed by atoms with E-state index in [-0.39, 0.29) is 23.6 Å². The monoisotopic (exact) mass is 477 g/mol. The van der Waals surface area contributed by atoms with E-state index in [2.05, 4.69) is 4.99 Å². The maximum atomic E-state index is 13.5. The van der Waals surface area contributed by atoms with Crippen molar-refractivity contribution in [2.75, 3.05) is 17.8 Å². The van der Waals surface area contributed by atoms with Gasteiger partial charge in [-0.15, -0.1) is 0 Å². The highest BCUT2D eigenvalue weighted by Gasteiger charge is 2.55. The Morgan fingerprint density at radius 2 is 1.61 bits per heavy atom. The van der Waals surface area contributed by atoms with Crippen LogP contribution in [0.25, 0.3) is 0 Å². The summed E-state index contributed by atoms with van der Waals surface area (Å²) in [5.74, 6) is 0.646. The summed E-state index contributed by atoms with van der Waals surface area (Å²) >= 11 is 7.61. The minimum absolute atomic E-state index is 0.139. The Morgan fingerprint density at radius 3 is 2.30 bits per heavy atom. The molecule has 0 aliphatic carbocycles. The molecule has 2 amide bonds. The van der Waals surface area contributed by atoms with E-state index in [1.807, 2.05) is 66.7 Å². The number of hydrogen-bond acceptors (Lipinski definition) is 5. The molecule has 0 N–H and O–H groups in total. The van der Waals surface area contributed by atoms with Gasteiger partial charge in [-0.05, 0) is 42.0 Å². The number of amides is 2. The Labute approximate surface area is 200 Å². The van der Waals surface area contributed by atoms with Crippen molar-refractivity contribution < 1.29 is 14.3 Å². The van der Waals surface area contributed by atoms with Crippen LogP contribution in [0.5, 0.6) is 5.75 Å². The van der Waals surface area contributed by atoms with Crippen LogP contribution in [-0.4, -0.2) is 40.8 Å². The van der Waals surface area contributed by atoms with Crippen LogP contribution in [0.15, 0.2) is 83.9 Å². The fraction of sp³-hybridized carbons (Fsp3) is 0.160. The lowest BCUT2D eigenvalue weighted by Gasteiger charge is -2.50. The molecule has 2 aliphatic heterocycles. The van der Waals surface area contributed by atoms with Gasteiger partial charge in [0.1, 0.15) is 11.8 Å². The topological polar surface area (TPSA) is 62.2 Å². The molecule has 0 spiro atoms. The molecule has 166 valence electrons. The summed E-state index contributed by atoms with van der Waals surface area (Å²) in [4.78, 5) is 34.4. The minimum Gasteiger partial charge on any atom is -0.497 e. The second kappa shape index (κ2) is 8.92. The lowest BCUT2D eigenvalue weighted by Crippen LogP contribution is -2.67. The van der Waals surface area contributed by atoms with Gasteiger partial charge in [0, 0.05) is 5.69 Å². The molecule has 2 fully saturated rings. The van der Waals surface area contributed by atoms with Gasteiger partial charge in [-0.1, -0.05) is 65.8 Å². The summed E-state index contributed by atoms with van der Waals surface area (Å²) in [6.45, 7) is 0. The molecule has 2 saturated heterocycles. The summed E-state index contributed by atoms with van der Waals surface area (Å²) in [6, 6.07) is 23.2. The number of hydrogen-bond donors (Lipinski definition) is 0. The third kappa shape index (κ3) is 3.87. The molecule has 6 nitrogen and oxygen atoms in total. The molecule has 3 aromatic carbocycles. The number of nitrogens with zero attached hydrogens (tertiary/aromatic N) is 3. The molecule has 8 heteroatoms. The molecule has 0 saturated carbocycles. The molecule has 0 radical (unpaired) electrons. The van der Waals surface area contributed by atoms with Crippen LogP contribution in [-0.2, 0) is 9.59 Å². The van der Waals surface area contributed by atoms with Crippen LogP contribution < -0.4 is 9.64 Å². The van der Waals surface area contributed by atoms with E-state index in [9.17, 15) is 9.59 Å². The SMILES string of the molecule is COc1ccc(N2C(=O)[C@H](N3C(=O)CSC3=Nc3ccccc3Cl)[C@H]2c2ccccc2)cc1. The number of benzene rings is 3. The van der Waals surface area contributed by atoms with E-state index in [0.717, 1.165) is 11.3 Å². The highest BCUT2D eigenvalue weighted by molar-refractivity contribution is 8.15. The lowest BCUT2D eigenvalue weighted by atomic mass is 9.86. The Hall–Kier alpha value is -3.29. The van der Waals surface area contributed by atoms with Crippen molar-refractivity contribution in [1.29, 1.82) is 0 Å². The summed E-state index contributed by atoms with van der Waals surface area (Å²) in [5.41, 5.74) is 2.26. The van der Waals surface area contributed by atoms with Gasteiger partial charge >= 0.3 is 0 Å². The summed E-state index contributed by atoms with van der Waals surface area (Å²) < 4.78 is 5.25. The maximum Gasteiger partial charge on any atom is 0.253 e. The van der Waals surface area contributed by atoms with Gasteiger partial charge < -0.3 is 9.64 Å². The highest BCUT2D eigenvalue weighted by Crippen LogP contribution is 2.44. The molecule has 33 heavy (non-hydrogen) atoms. The predicted octanol–water partition coefficient (Wildman–Crippen LogP) is 5.07. The number of β-lactam (4-membered cyclic amide) rings is 1. The Bertz CT molecular complexity index is 1230. The van der Waals surface area contributed by atoms with Gasteiger partial charge in [-0.3, -0.25) is 14.5 Å². The number of halogens is 1. The number of anilines is 1. The minimum atomic E-state index is -0.682. The first-order chi connectivity index (χ1) is 16.1. The van der Waals surface area contributed by atoms with Gasteiger partial charge in [-0.2, -0.15) is 0 Å². The third-order valence-electron chi connectivity index (χ3n) is 5.71. The van der Waals surface area contributed by atoms with Crippen molar-refractivity contribution >= 4 is 51.7 Å². The average molecular weight is 478 g/mol. The summed E-state index contributed by atoms with van der Waals surface area (Å²) in [5, 5.41) is 0.978. The summed E-state index contributed by atoms with van der Waals surface area (Å²) in [6.07, 6.45) is 0. The molecule has 0 aromatic heterocycles. The van der Waals surface area contributed by atoms with Crippen molar-refractivity contribution in [2.24, 2.45) is 4.99 Å². The van der Waals surface area contributed by atoms with Crippen LogP contribution in [0.1, 0.15) is 11.6 Å². The predicted molar refractivity (Wildman–Crippen MR) is 131 cm³/mol. The Balaban J connectivity index is 1.55. The van der Waals surface area contributed by atoms with Gasteiger partial charge in [0.15, 0.2) is 5.17 Å². The van der Waals surface area contributed by atoms with Crippen molar-refractivity contribution in [1.82, 2.24) is 4.90 Å². The maximum absolute atomic E-state index is 13.5. The van der Waals surface area contributed by atoms with Crippen LogP contribution in [0.4, 0.5) is 11.4 Å². The Morgan fingerprint density at radius 1 is 0.909 bits per heavy atom. The van der Waals surface area contributed by atoms with Crippen molar-refractivity contribution in [3.63, 3.8) is 0 Å². The number of methoxy groups -OCH3 is 1. The number of amidine groups is 1. The van der Waals surface area contributed by atoms with E-state index in [1.54, 1.807) is 24.1 Å². The molecule has 2 atom stereocenters. The van der Waals surface area contributed by atoms with E-state index < -0.39 is 6.04 Å². The van der Waals surface area contributed by atoms with E-state index in [1.165, 1.54) is 16.7 Å². The fourth-order valence-electron chi connectivity index (χ4n) is 4.12. The number of rotatable bonds is 5. The largest absolute Gasteiger partial charge is 0.497 e. The standard InChI is InChI=1S/C25H20ClN3O3S/c1-32-18-13-11-17(12-14-18)28-22(16-7-3-2-4-8-16)23(24(28)31)29-21(30)15-33-25(29)27-20-10-6-5-9-19(20)26/h2-14,22-23H,15H2,1H3/t22-,23-/m1/s1. The second-order valence-corrected chi connectivity index (χ2v) is 8.95. The highest BCUT2D eigenvalue weighted by atomic mass is 35.5. The first kappa shape index (κ1) is 21.6. The normalized spacial score (nSPS) is 21.5. The molecule has 5 rings (SSSR count). The first-order valence-electron chi connectivity index (χ1n) is 10.4. The molecule has 2 heterocycles. The smallest absolute Gasteiger partial charge is 0.253 e. The molecule has 0 unspecified atom stereocenters. The zero-order chi connectivity index (χ0) is 22.9. The number of ether oxygens (including phenoxy) is 1. The first-order valence-corrected chi connectivity index (χ1v) is 11.7. The van der Waals surface area contributed by atoms with E-state index in [0.29, 0.717) is 21.6 Å². The van der Waals surface area contributed by atoms with Crippen LogP contribution in [0, 0.1) is 0 Å². The van der Waals surface area contributed by atoms with Gasteiger partial charge in [0.2, 0.25) is 5.91 Å². The van der Waals surface area contributed by atoms with E-state index in [4.69, 9.17) is 16.3 Å². The number of carbonyl (C=O) groups is 2. The number of thioether (sulfide) groups is 1. The molecular formula is C25H20ClN3O3S. The van der Waals surface area contributed by atoms with Crippen LogP contribution >= 0.6 is 23.4 Å². The van der Waals surface area contributed by atoms with E-state index >= 15 is 0 Å². The fourth-order valence-corrected chi connectivity index (χ4v) is 5.20. The summed E-state index contributed by atoms with van der Waals surface area (Å²) in [7, 11) is 1.60. The molecular weight excluding hydrogens is 458 g/mol. The quantitative estimate of drug-likeness (QED) is 0.481. The van der Waals surface area contributed by atoms with Crippen LogP contribution in [0.3, 0.4) is 0 Å². The zero-order valence-corrected chi connectivity index (χ0v) is 19.3. The second-order valence-electron chi connectivity index (χ2n) is 7.60. The average Bonchev–Trinajstić information content (AvgIpc) is 3.19. The van der Waals surface area contributed by atoms with Gasteiger partial charge in [0.25, 0.3) is 5.91 Å². The van der Waals surface area contributed by atoms with Crippen molar-refractivity contribution in [2.45, 2.75) is 12.1 Å². The van der Waals surface area contributed by atoms with Gasteiger partial charge in [0.05, 0.1) is 29.6 Å². The van der Waals surface area contributed by atoms with Crippen LogP contribution in [0.2, 0.25) is 5.02 Å². The zero-order valence-electron chi connectivity index (χ0n) is 17.7. The molecule has 0 bridgehead atoms.